The lowest BCUT2D eigenvalue weighted by Gasteiger charge is -2.27. The van der Waals surface area contributed by atoms with Gasteiger partial charge in [-0.15, -0.1) is 0 Å². The molecule has 0 spiro atoms. The van der Waals surface area contributed by atoms with Gasteiger partial charge in [-0.1, -0.05) is 36.4 Å². The molecule has 426 valence electrons. The highest BCUT2D eigenvalue weighted by atomic mass is 19.4. The molecule has 0 bridgehead atoms. The number of amides is 1. The first-order valence-corrected chi connectivity index (χ1v) is 23.9. The smallest absolute Gasteiger partial charge is 0.484 e. The second-order valence-electron chi connectivity index (χ2n) is 17.7. The zero-order valence-electron chi connectivity index (χ0n) is 42.3. The van der Waals surface area contributed by atoms with Crippen LogP contribution in [0.15, 0.2) is 170 Å². The Morgan fingerprint density at radius 3 is 1.27 bits per heavy atom. The summed E-state index contributed by atoms with van der Waals surface area (Å²) in [7, 11) is 0. The molecule has 0 saturated heterocycles. The zero-order valence-corrected chi connectivity index (χ0v) is 42.3. The number of fused-ring (bicyclic) bond motifs is 4. The maximum Gasteiger partial charge on any atom is 0.490 e. The maximum absolute atomic E-state index is 13.3. The number of hydrogen-bond donors (Lipinski definition) is 4. The van der Waals surface area contributed by atoms with Crippen molar-refractivity contribution < 1.29 is 82.4 Å². The van der Waals surface area contributed by atoms with Crippen LogP contribution >= 0.6 is 0 Å². The molecular formula is C56H43F11N8O7. The molecule has 0 radical (unpaired) electrons. The summed E-state index contributed by atoms with van der Waals surface area (Å²) in [6, 6.07) is 40.8. The zero-order chi connectivity index (χ0) is 59.7. The lowest BCUT2D eigenvalue weighted by molar-refractivity contribution is -0.193. The molecule has 0 aliphatic carbocycles. The molecule has 15 nitrogen and oxygen atoms in total. The Bertz CT molecular complexity index is 3830. The molecule has 1 amide bonds. The van der Waals surface area contributed by atoms with Gasteiger partial charge in [0.1, 0.15) is 35.3 Å². The summed E-state index contributed by atoms with van der Waals surface area (Å²) in [5.74, 6) is -7.16. The van der Waals surface area contributed by atoms with Gasteiger partial charge in [0.05, 0.1) is 51.9 Å². The van der Waals surface area contributed by atoms with Crippen LogP contribution in [0.2, 0.25) is 0 Å². The Labute approximate surface area is 456 Å². The Balaban J connectivity index is 0.000000193. The molecule has 4 heterocycles. The first kappa shape index (κ1) is 59.9. The number of nitrogens with zero attached hydrogens (tertiary/aromatic N) is 6. The number of aliphatic carboxylic acids is 2. The quantitative estimate of drug-likeness (QED) is 0.0892. The number of carboxylic acids is 2. The van der Waals surface area contributed by atoms with Crippen LogP contribution in [-0.4, -0.2) is 88.2 Å². The van der Waals surface area contributed by atoms with Crippen LogP contribution in [0.3, 0.4) is 0 Å². The summed E-state index contributed by atoms with van der Waals surface area (Å²) in [5.41, 5.74) is 12.4. The van der Waals surface area contributed by atoms with Gasteiger partial charge in [0.15, 0.2) is 0 Å². The fraction of sp³-hybridized carbons (Fsp3) is 0.161. The number of alkyl halides is 9. The molecule has 0 aliphatic heterocycles. The molecule has 82 heavy (non-hydrogen) atoms. The lowest BCUT2D eigenvalue weighted by Crippen LogP contribution is -2.45. The van der Waals surface area contributed by atoms with Crippen LogP contribution in [0, 0.1) is 11.6 Å². The molecular weight excluding hydrogens is 1110 g/mol. The number of nitrogens with two attached hydrogens (primary N) is 1. The van der Waals surface area contributed by atoms with Crippen molar-refractivity contribution in [1.82, 2.24) is 34.8 Å². The van der Waals surface area contributed by atoms with E-state index in [9.17, 15) is 53.1 Å². The van der Waals surface area contributed by atoms with E-state index in [1.165, 1.54) is 37.4 Å². The topological polar surface area (TPSA) is 210 Å². The largest absolute Gasteiger partial charge is 0.490 e. The minimum Gasteiger partial charge on any atom is -0.484 e. The second-order valence-corrected chi connectivity index (χ2v) is 17.7. The van der Waals surface area contributed by atoms with Crippen LogP contribution in [0.4, 0.5) is 48.3 Å². The summed E-state index contributed by atoms with van der Waals surface area (Å²) < 4.78 is 145. The number of nitrogens with one attached hydrogen (secondary N) is 1. The van der Waals surface area contributed by atoms with Gasteiger partial charge in [0.2, 0.25) is 0 Å². The van der Waals surface area contributed by atoms with Gasteiger partial charge in [-0.2, -0.15) is 49.7 Å². The van der Waals surface area contributed by atoms with Crippen molar-refractivity contribution >= 4 is 61.5 Å². The van der Waals surface area contributed by atoms with Gasteiger partial charge in [0.25, 0.3) is 0 Å². The maximum atomic E-state index is 13.3. The lowest BCUT2D eigenvalue weighted by atomic mass is 10.0. The number of carboxylic acid groups (broad SMARTS) is 2. The van der Waals surface area contributed by atoms with Crippen LogP contribution in [0.5, 0.6) is 11.5 Å². The number of carbonyl (C=O) groups is 3. The number of para-hydroxylation sites is 2. The number of carbonyl (C=O) groups excluding carboxylic acids is 1. The third-order valence-corrected chi connectivity index (χ3v) is 11.7. The van der Waals surface area contributed by atoms with Gasteiger partial charge >= 0.3 is 36.4 Å². The predicted molar refractivity (Wildman–Crippen MR) is 277 cm³/mol. The molecule has 0 saturated carbocycles. The van der Waals surface area contributed by atoms with Crippen LogP contribution in [0.1, 0.15) is 37.2 Å². The van der Waals surface area contributed by atoms with Crippen molar-refractivity contribution in [3.05, 3.63) is 193 Å². The number of benzene rings is 6. The number of rotatable bonds is 11. The van der Waals surface area contributed by atoms with Crippen molar-refractivity contribution in [2.75, 3.05) is 0 Å². The second kappa shape index (κ2) is 25.2. The highest BCUT2D eigenvalue weighted by molar-refractivity contribution is 5.84. The minimum absolute atomic E-state index is 0.236. The van der Waals surface area contributed by atoms with Crippen LogP contribution in [-0.2, 0) is 14.4 Å². The van der Waals surface area contributed by atoms with Crippen molar-refractivity contribution in [3.8, 4) is 22.9 Å². The number of ether oxygens (including phenoxy) is 2. The van der Waals surface area contributed by atoms with E-state index in [1.807, 2.05) is 85.2 Å². The van der Waals surface area contributed by atoms with E-state index in [4.69, 9.17) is 35.0 Å². The standard InChI is InChI=1S/C27H20F4N4O2.C25H21FN4O.2C2HF3O2/c1-16(34-26(36)27(29,30)31)25(19-12-17-4-2-3-5-23(17)32-14-19)37-22-10-11-24-18(13-22)15-33-35(24)21-8-6-20(28)7-9-21;1-16(27)25(19-12-17-4-2-3-5-23(17)28-14-19)31-22-10-11-24-18(13-22)15-29-30(24)21-8-6-20(26)7-9-21;2*3-2(4,5)1(6)7/h2-16,25H,1H3,(H,34,36);2-16,25H,27H2,1H3;2*(H,6,7)/t16-,25-;;;/m0.../s1. The Hall–Kier alpha value is -9.72. The number of pyridine rings is 2. The van der Waals surface area contributed by atoms with Crippen molar-refractivity contribution in [3.63, 3.8) is 0 Å². The molecule has 6 aromatic carbocycles. The average Bonchev–Trinajstić information content (AvgIpc) is 4.27. The first-order chi connectivity index (χ1) is 38.7. The normalized spacial score (nSPS) is 13.0. The summed E-state index contributed by atoms with van der Waals surface area (Å²) in [6.45, 7) is 3.36. The third kappa shape index (κ3) is 15.3. The van der Waals surface area contributed by atoms with Gasteiger partial charge in [-0.3, -0.25) is 14.8 Å². The number of aromatic nitrogens is 6. The van der Waals surface area contributed by atoms with E-state index in [-0.39, 0.29) is 23.8 Å². The summed E-state index contributed by atoms with van der Waals surface area (Å²) in [4.78, 5) is 38.4. The minimum atomic E-state index is -5.08. The highest BCUT2D eigenvalue weighted by Gasteiger charge is 2.41. The fourth-order valence-electron chi connectivity index (χ4n) is 7.83. The van der Waals surface area contributed by atoms with Crippen LogP contribution in [0.25, 0.3) is 55.0 Å². The Kier molecular flexibility index (Phi) is 18.4. The third-order valence-electron chi connectivity index (χ3n) is 11.7. The van der Waals surface area contributed by atoms with E-state index in [0.717, 1.165) is 44.0 Å². The fourth-order valence-corrected chi connectivity index (χ4v) is 7.83. The van der Waals surface area contributed by atoms with Gasteiger partial charge in [0, 0.05) is 51.1 Å². The van der Waals surface area contributed by atoms with E-state index >= 15 is 0 Å². The molecule has 4 aromatic heterocycles. The highest BCUT2D eigenvalue weighted by Crippen LogP contribution is 2.32. The SMILES string of the molecule is CC(N)C(Oc1ccc2c(cnn2-c2ccc(F)cc2)c1)c1cnc2ccccc2c1.C[C@H](NC(=O)C(F)(F)F)[C@H](Oc1ccc2c(cnn2-c2ccc(F)cc2)c1)c1cnc2ccccc2c1.O=C(O)C(F)(F)F.O=C(O)C(F)(F)F. The molecule has 10 aromatic rings. The van der Waals surface area contributed by atoms with E-state index in [2.05, 4.69) is 26.2 Å². The number of halogens is 11. The van der Waals surface area contributed by atoms with Crippen LogP contribution < -0.4 is 20.5 Å². The monoisotopic (exact) mass is 1150 g/mol. The molecule has 0 fully saturated rings. The van der Waals surface area contributed by atoms with Crippen molar-refractivity contribution in [1.29, 1.82) is 0 Å². The Morgan fingerprint density at radius 1 is 0.512 bits per heavy atom. The molecule has 10 rings (SSSR count). The Morgan fingerprint density at radius 2 is 0.890 bits per heavy atom. The van der Waals surface area contributed by atoms with Crippen molar-refractivity contribution in [2.45, 2.75) is 56.7 Å². The average molecular weight is 1150 g/mol. The molecule has 5 N–H and O–H groups in total. The summed E-state index contributed by atoms with van der Waals surface area (Å²) in [6.07, 6.45) is -9.81. The summed E-state index contributed by atoms with van der Waals surface area (Å²) in [5, 5.41) is 28.5. The van der Waals surface area contributed by atoms with Crippen molar-refractivity contribution in [2.24, 2.45) is 5.73 Å². The summed E-state index contributed by atoms with van der Waals surface area (Å²) >= 11 is 0. The predicted octanol–water partition coefficient (Wildman–Crippen LogP) is 12.3. The molecule has 4 atom stereocenters. The van der Waals surface area contributed by atoms with E-state index in [0.29, 0.717) is 33.7 Å². The molecule has 26 heteroatoms. The molecule has 2 unspecified atom stereocenters. The number of hydrogen-bond acceptors (Lipinski definition) is 10. The van der Waals surface area contributed by atoms with E-state index in [1.54, 1.807) is 70.3 Å². The van der Waals surface area contributed by atoms with E-state index < -0.39 is 48.5 Å². The van der Waals surface area contributed by atoms with Gasteiger partial charge in [-0.25, -0.2) is 27.7 Å². The van der Waals surface area contributed by atoms with Gasteiger partial charge in [-0.05, 0) is 123 Å². The van der Waals surface area contributed by atoms with Gasteiger partial charge < -0.3 is 30.7 Å². The molecule has 0 aliphatic rings. The first-order valence-electron chi connectivity index (χ1n) is 23.9.